The fourth-order valence-corrected chi connectivity index (χ4v) is 1.51. The van der Waals surface area contributed by atoms with Gasteiger partial charge in [-0.1, -0.05) is 23.7 Å². The Morgan fingerprint density at radius 3 is 2.93 bits per heavy atom. The van der Waals surface area contributed by atoms with E-state index >= 15 is 0 Å². The average Bonchev–Trinajstić information content (AvgIpc) is 2.15. The van der Waals surface area contributed by atoms with E-state index in [1.54, 1.807) is 0 Å². The molecule has 0 bridgehead atoms. The van der Waals surface area contributed by atoms with Crippen LogP contribution in [0.1, 0.15) is 12.0 Å². The molecule has 0 spiro atoms. The van der Waals surface area contributed by atoms with Crippen LogP contribution in [0, 0.1) is 0 Å². The van der Waals surface area contributed by atoms with Crippen molar-refractivity contribution in [1.82, 2.24) is 4.90 Å². The standard InChI is InChI=1S/C11H14ClNO/c1-13(6-3-7-14)9-10-4-2-5-11(12)8-10/h2,4-5,7-8H,3,6,9H2,1H3. The highest BCUT2D eigenvalue weighted by molar-refractivity contribution is 6.30. The van der Waals surface area contributed by atoms with Gasteiger partial charge in [0, 0.05) is 24.5 Å². The molecule has 1 aromatic carbocycles. The highest BCUT2D eigenvalue weighted by Crippen LogP contribution is 2.11. The summed E-state index contributed by atoms with van der Waals surface area (Å²) in [5.74, 6) is 0. The van der Waals surface area contributed by atoms with Gasteiger partial charge in [0.1, 0.15) is 6.29 Å². The van der Waals surface area contributed by atoms with E-state index in [1.807, 2.05) is 31.3 Å². The molecule has 0 N–H and O–H groups in total. The van der Waals surface area contributed by atoms with Gasteiger partial charge in [-0.25, -0.2) is 0 Å². The molecule has 1 aromatic rings. The number of benzene rings is 1. The fourth-order valence-electron chi connectivity index (χ4n) is 1.30. The van der Waals surface area contributed by atoms with Gasteiger partial charge in [0.2, 0.25) is 0 Å². The lowest BCUT2D eigenvalue weighted by atomic mass is 10.2. The Hall–Kier alpha value is -0.860. The summed E-state index contributed by atoms with van der Waals surface area (Å²) in [6.07, 6.45) is 1.52. The molecule has 3 heteroatoms. The number of hydrogen-bond donors (Lipinski definition) is 0. The van der Waals surface area contributed by atoms with Crippen molar-refractivity contribution in [3.63, 3.8) is 0 Å². The number of halogens is 1. The van der Waals surface area contributed by atoms with Crippen LogP contribution in [0.2, 0.25) is 5.02 Å². The summed E-state index contributed by atoms with van der Waals surface area (Å²) in [5, 5.41) is 0.756. The van der Waals surface area contributed by atoms with Crippen LogP contribution < -0.4 is 0 Å². The van der Waals surface area contributed by atoms with Gasteiger partial charge in [-0.15, -0.1) is 0 Å². The molecule has 0 aromatic heterocycles. The zero-order chi connectivity index (χ0) is 10.4. The van der Waals surface area contributed by atoms with E-state index in [1.165, 1.54) is 5.56 Å². The smallest absolute Gasteiger partial charge is 0.121 e. The van der Waals surface area contributed by atoms with Crippen LogP contribution in [0.3, 0.4) is 0 Å². The van der Waals surface area contributed by atoms with Gasteiger partial charge in [-0.2, -0.15) is 0 Å². The maximum Gasteiger partial charge on any atom is 0.121 e. The predicted molar refractivity (Wildman–Crippen MR) is 58.5 cm³/mol. The Labute approximate surface area is 89.5 Å². The quantitative estimate of drug-likeness (QED) is 0.697. The lowest BCUT2D eigenvalue weighted by molar-refractivity contribution is -0.108. The third-order valence-electron chi connectivity index (χ3n) is 1.97. The molecule has 0 atom stereocenters. The van der Waals surface area contributed by atoms with Crippen LogP contribution in [0.4, 0.5) is 0 Å². The Kier molecular flexibility index (Phi) is 4.63. The van der Waals surface area contributed by atoms with Crippen molar-refractivity contribution in [3.05, 3.63) is 34.9 Å². The Morgan fingerprint density at radius 2 is 2.29 bits per heavy atom. The van der Waals surface area contributed by atoms with Crippen molar-refractivity contribution in [2.75, 3.05) is 13.6 Å². The third kappa shape index (κ3) is 3.90. The molecular weight excluding hydrogens is 198 g/mol. The van der Waals surface area contributed by atoms with E-state index in [9.17, 15) is 4.79 Å². The number of carbonyl (C=O) groups excluding carboxylic acids is 1. The van der Waals surface area contributed by atoms with Gasteiger partial charge < -0.3 is 9.69 Å². The van der Waals surface area contributed by atoms with Gasteiger partial charge in [-0.3, -0.25) is 0 Å². The summed E-state index contributed by atoms with van der Waals surface area (Å²) in [6, 6.07) is 7.77. The molecule has 0 saturated carbocycles. The zero-order valence-electron chi connectivity index (χ0n) is 8.24. The first kappa shape index (κ1) is 11.2. The molecule has 76 valence electrons. The first-order chi connectivity index (χ1) is 6.72. The fraction of sp³-hybridized carbons (Fsp3) is 0.364. The second-order valence-electron chi connectivity index (χ2n) is 3.32. The van der Waals surface area contributed by atoms with E-state index < -0.39 is 0 Å². The van der Waals surface area contributed by atoms with Crippen molar-refractivity contribution in [1.29, 1.82) is 0 Å². The number of carbonyl (C=O) groups is 1. The van der Waals surface area contributed by atoms with Crippen LogP contribution in [0.5, 0.6) is 0 Å². The van der Waals surface area contributed by atoms with Crippen molar-refractivity contribution in [2.24, 2.45) is 0 Å². The summed E-state index contributed by atoms with van der Waals surface area (Å²) in [5.41, 5.74) is 1.17. The van der Waals surface area contributed by atoms with Crippen molar-refractivity contribution in [3.8, 4) is 0 Å². The SMILES string of the molecule is CN(CCC=O)Cc1cccc(Cl)c1. The van der Waals surface area contributed by atoms with Crippen LogP contribution in [-0.2, 0) is 11.3 Å². The van der Waals surface area contributed by atoms with E-state index in [0.717, 1.165) is 24.4 Å². The highest BCUT2D eigenvalue weighted by Gasteiger charge is 1.99. The van der Waals surface area contributed by atoms with Gasteiger partial charge >= 0.3 is 0 Å². The Bertz CT molecular complexity index is 301. The van der Waals surface area contributed by atoms with E-state index in [0.29, 0.717) is 6.42 Å². The molecule has 0 radical (unpaired) electrons. The molecule has 0 fully saturated rings. The third-order valence-corrected chi connectivity index (χ3v) is 2.21. The molecule has 1 rings (SSSR count). The molecular formula is C11H14ClNO. The number of hydrogen-bond acceptors (Lipinski definition) is 2. The molecule has 0 aliphatic carbocycles. The molecule has 0 unspecified atom stereocenters. The molecule has 0 aliphatic rings. The Morgan fingerprint density at radius 1 is 1.50 bits per heavy atom. The second-order valence-corrected chi connectivity index (χ2v) is 3.76. The van der Waals surface area contributed by atoms with Gasteiger partial charge in [0.25, 0.3) is 0 Å². The minimum absolute atomic E-state index is 0.580. The van der Waals surface area contributed by atoms with Crippen molar-refractivity contribution >= 4 is 17.9 Å². The number of aldehydes is 1. The summed E-state index contributed by atoms with van der Waals surface area (Å²) >= 11 is 5.86. The van der Waals surface area contributed by atoms with Crippen LogP contribution >= 0.6 is 11.6 Å². The molecule has 2 nitrogen and oxygen atoms in total. The van der Waals surface area contributed by atoms with Crippen LogP contribution in [-0.4, -0.2) is 24.8 Å². The van der Waals surface area contributed by atoms with Gasteiger partial charge in [-0.05, 0) is 24.7 Å². The maximum atomic E-state index is 10.2. The topological polar surface area (TPSA) is 20.3 Å². The summed E-state index contributed by atoms with van der Waals surface area (Å²) in [6.45, 7) is 1.62. The normalized spacial score (nSPS) is 10.5. The average molecular weight is 212 g/mol. The molecule has 0 aliphatic heterocycles. The Balaban J connectivity index is 2.47. The largest absolute Gasteiger partial charge is 0.303 e. The number of nitrogens with zero attached hydrogens (tertiary/aromatic N) is 1. The predicted octanol–water partition coefficient (Wildman–Crippen LogP) is 2.36. The lowest BCUT2D eigenvalue weighted by Crippen LogP contribution is -2.19. The summed E-state index contributed by atoms with van der Waals surface area (Å²) in [7, 11) is 1.99. The molecule has 0 saturated heterocycles. The van der Waals surface area contributed by atoms with E-state index in [-0.39, 0.29) is 0 Å². The van der Waals surface area contributed by atoms with Crippen LogP contribution in [0.25, 0.3) is 0 Å². The van der Waals surface area contributed by atoms with Gasteiger partial charge in [0.15, 0.2) is 0 Å². The number of rotatable bonds is 5. The van der Waals surface area contributed by atoms with Crippen molar-refractivity contribution in [2.45, 2.75) is 13.0 Å². The maximum absolute atomic E-state index is 10.2. The lowest BCUT2D eigenvalue weighted by Gasteiger charge is -2.14. The minimum Gasteiger partial charge on any atom is -0.303 e. The zero-order valence-corrected chi connectivity index (χ0v) is 9.00. The summed E-state index contributed by atoms with van der Waals surface area (Å²) < 4.78 is 0. The van der Waals surface area contributed by atoms with Crippen LogP contribution in [0.15, 0.2) is 24.3 Å². The van der Waals surface area contributed by atoms with E-state index in [4.69, 9.17) is 11.6 Å². The molecule has 14 heavy (non-hydrogen) atoms. The molecule has 0 heterocycles. The first-order valence-electron chi connectivity index (χ1n) is 4.59. The minimum atomic E-state index is 0.580. The van der Waals surface area contributed by atoms with Gasteiger partial charge in [0.05, 0.1) is 0 Å². The first-order valence-corrected chi connectivity index (χ1v) is 4.97. The van der Waals surface area contributed by atoms with Crippen molar-refractivity contribution < 1.29 is 4.79 Å². The highest BCUT2D eigenvalue weighted by atomic mass is 35.5. The van der Waals surface area contributed by atoms with E-state index in [2.05, 4.69) is 4.90 Å². The molecule has 0 amide bonds. The summed E-state index contributed by atoms with van der Waals surface area (Å²) in [4.78, 5) is 12.3. The monoisotopic (exact) mass is 211 g/mol. The second kappa shape index (κ2) is 5.78.